The number of esters is 1. The van der Waals surface area contributed by atoms with E-state index in [0.717, 1.165) is 4.68 Å². The highest BCUT2D eigenvalue weighted by atomic mass is 16.5. The lowest BCUT2D eigenvalue weighted by Gasteiger charge is -2.10. The molecular weight excluding hydrogens is 332 g/mol. The molecule has 0 bridgehead atoms. The SMILES string of the molecule is CCOC(=O)Cc1nn(CC(=O)c2ccccc2)c(=O)c2ccccc12. The molecule has 0 N–H and O–H groups in total. The van der Waals surface area contributed by atoms with Gasteiger partial charge in [0, 0.05) is 10.9 Å². The number of fused-ring (bicyclic) bond motifs is 1. The Balaban J connectivity index is 2.02. The topological polar surface area (TPSA) is 78.3 Å². The Bertz CT molecular complexity index is 1010. The van der Waals surface area contributed by atoms with Gasteiger partial charge in [-0.05, 0) is 13.0 Å². The molecule has 0 amide bonds. The average Bonchev–Trinajstić information content (AvgIpc) is 2.66. The summed E-state index contributed by atoms with van der Waals surface area (Å²) in [5.41, 5.74) is 0.554. The van der Waals surface area contributed by atoms with E-state index in [0.29, 0.717) is 22.0 Å². The summed E-state index contributed by atoms with van der Waals surface area (Å²) in [4.78, 5) is 37.0. The lowest BCUT2D eigenvalue weighted by Crippen LogP contribution is -2.29. The lowest BCUT2D eigenvalue weighted by atomic mass is 10.1. The van der Waals surface area contributed by atoms with Crippen LogP contribution in [-0.2, 0) is 22.5 Å². The smallest absolute Gasteiger partial charge is 0.311 e. The largest absolute Gasteiger partial charge is 0.466 e. The Hall–Kier alpha value is -3.28. The highest BCUT2D eigenvalue weighted by Gasteiger charge is 2.16. The molecule has 3 rings (SSSR count). The lowest BCUT2D eigenvalue weighted by molar-refractivity contribution is -0.142. The second-order valence-corrected chi connectivity index (χ2v) is 5.73. The van der Waals surface area contributed by atoms with Gasteiger partial charge < -0.3 is 4.74 Å². The van der Waals surface area contributed by atoms with Gasteiger partial charge in [-0.1, -0.05) is 48.5 Å². The number of Topliss-reactive ketones (excluding diaryl/α,β-unsaturated/α-hetero) is 1. The first-order valence-corrected chi connectivity index (χ1v) is 8.32. The fourth-order valence-corrected chi connectivity index (χ4v) is 2.74. The van der Waals surface area contributed by atoms with Crippen molar-refractivity contribution >= 4 is 22.5 Å². The van der Waals surface area contributed by atoms with E-state index < -0.39 is 5.97 Å². The third-order valence-electron chi connectivity index (χ3n) is 3.95. The molecule has 0 aliphatic rings. The molecule has 0 spiro atoms. The van der Waals surface area contributed by atoms with Crippen LogP contribution >= 0.6 is 0 Å². The summed E-state index contributed by atoms with van der Waals surface area (Å²) in [5, 5.41) is 5.28. The number of benzene rings is 2. The van der Waals surface area contributed by atoms with E-state index in [2.05, 4.69) is 5.10 Å². The first-order chi connectivity index (χ1) is 12.6. The van der Waals surface area contributed by atoms with Crippen LogP contribution in [0.1, 0.15) is 23.0 Å². The predicted octanol–water partition coefficient (Wildman–Crippen LogP) is 2.39. The van der Waals surface area contributed by atoms with Gasteiger partial charge in [0.15, 0.2) is 5.78 Å². The van der Waals surface area contributed by atoms with Crippen LogP contribution in [0.5, 0.6) is 0 Å². The van der Waals surface area contributed by atoms with E-state index in [9.17, 15) is 14.4 Å². The van der Waals surface area contributed by atoms with Crippen molar-refractivity contribution < 1.29 is 14.3 Å². The fraction of sp³-hybridized carbons (Fsp3) is 0.200. The zero-order chi connectivity index (χ0) is 18.5. The zero-order valence-electron chi connectivity index (χ0n) is 14.3. The third kappa shape index (κ3) is 3.69. The number of nitrogens with zero attached hydrogens (tertiary/aromatic N) is 2. The molecule has 0 saturated heterocycles. The van der Waals surface area contributed by atoms with Gasteiger partial charge in [0.1, 0.15) is 6.54 Å². The van der Waals surface area contributed by atoms with Crippen molar-refractivity contribution in [1.29, 1.82) is 0 Å². The summed E-state index contributed by atoms with van der Waals surface area (Å²) < 4.78 is 6.10. The predicted molar refractivity (Wildman–Crippen MR) is 97.1 cm³/mol. The molecule has 26 heavy (non-hydrogen) atoms. The number of carbonyl (C=O) groups excluding carboxylic acids is 2. The molecule has 3 aromatic rings. The Labute approximate surface area is 150 Å². The van der Waals surface area contributed by atoms with Gasteiger partial charge in [-0.3, -0.25) is 14.4 Å². The average molecular weight is 350 g/mol. The molecule has 6 nitrogen and oxygen atoms in total. The van der Waals surface area contributed by atoms with E-state index in [1.54, 1.807) is 55.5 Å². The first kappa shape index (κ1) is 17.5. The third-order valence-corrected chi connectivity index (χ3v) is 3.95. The van der Waals surface area contributed by atoms with E-state index in [4.69, 9.17) is 4.74 Å². The van der Waals surface area contributed by atoms with Gasteiger partial charge >= 0.3 is 5.97 Å². The standard InChI is InChI=1S/C20H18N2O4/c1-2-26-19(24)12-17-15-10-6-7-11-16(15)20(25)22(21-17)13-18(23)14-8-4-3-5-9-14/h3-11H,2,12-13H2,1H3. The molecule has 2 aromatic carbocycles. The van der Waals surface area contributed by atoms with Crippen LogP contribution in [-0.4, -0.2) is 28.1 Å². The fourth-order valence-electron chi connectivity index (χ4n) is 2.74. The summed E-state index contributed by atoms with van der Waals surface area (Å²) in [6, 6.07) is 15.6. The molecule has 6 heteroatoms. The number of hydrogen-bond acceptors (Lipinski definition) is 5. The molecule has 0 unspecified atom stereocenters. The van der Waals surface area contributed by atoms with Crippen molar-refractivity contribution in [1.82, 2.24) is 9.78 Å². The van der Waals surface area contributed by atoms with Gasteiger partial charge in [-0.2, -0.15) is 5.10 Å². The quantitative estimate of drug-likeness (QED) is 0.504. The molecule has 0 saturated carbocycles. The first-order valence-electron chi connectivity index (χ1n) is 8.32. The normalized spacial score (nSPS) is 10.7. The number of rotatable bonds is 6. The zero-order valence-corrected chi connectivity index (χ0v) is 14.3. The van der Waals surface area contributed by atoms with E-state index in [1.807, 2.05) is 6.07 Å². The molecule has 132 valence electrons. The van der Waals surface area contributed by atoms with Gasteiger partial charge in [0.2, 0.25) is 0 Å². The van der Waals surface area contributed by atoms with Crippen LogP contribution in [0.2, 0.25) is 0 Å². The molecule has 0 atom stereocenters. The van der Waals surface area contributed by atoms with E-state index >= 15 is 0 Å². The maximum Gasteiger partial charge on any atom is 0.311 e. The van der Waals surface area contributed by atoms with Crippen molar-refractivity contribution in [2.75, 3.05) is 6.61 Å². The summed E-state index contributed by atoms with van der Waals surface area (Å²) in [5.74, 6) is -0.651. The van der Waals surface area contributed by atoms with E-state index in [1.165, 1.54) is 0 Å². The monoisotopic (exact) mass is 350 g/mol. The molecular formula is C20H18N2O4. The Morgan fingerprint density at radius 1 is 1.00 bits per heavy atom. The molecule has 1 heterocycles. The minimum Gasteiger partial charge on any atom is -0.466 e. The maximum atomic E-state index is 12.7. The van der Waals surface area contributed by atoms with Gasteiger partial charge in [-0.25, -0.2) is 4.68 Å². The Kier molecular flexibility index (Phi) is 5.22. The van der Waals surface area contributed by atoms with Gasteiger partial charge in [0.05, 0.1) is 24.1 Å². The maximum absolute atomic E-state index is 12.7. The van der Waals surface area contributed by atoms with Crippen LogP contribution < -0.4 is 5.56 Å². The molecule has 0 fully saturated rings. The van der Waals surface area contributed by atoms with Gasteiger partial charge in [0.25, 0.3) is 5.56 Å². The Morgan fingerprint density at radius 3 is 2.35 bits per heavy atom. The number of aromatic nitrogens is 2. The van der Waals surface area contributed by atoms with Crippen LogP contribution in [0, 0.1) is 0 Å². The summed E-state index contributed by atoms with van der Waals surface area (Å²) >= 11 is 0. The van der Waals surface area contributed by atoms with Gasteiger partial charge in [-0.15, -0.1) is 0 Å². The highest BCUT2D eigenvalue weighted by Crippen LogP contribution is 2.14. The van der Waals surface area contributed by atoms with Crippen LogP contribution in [0.3, 0.4) is 0 Å². The molecule has 0 radical (unpaired) electrons. The van der Waals surface area contributed by atoms with Crippen molar-refractivity contribution in [2.24, 2.45) is 0 Å². The van der Waals surface area contributed by atoms with Crippen molar-refractivity contribution in [3.8, 4) is 0 Å². The number of hydrogen-bond donors (Lipinski definition) is 0. The molecule has 0 aliphatic heterocycles. The summed E-state index contributed by atoms with van der Waals surface area (Å²) in [6.45, 7) is 1.80. The van der Waals surface area contributed by atoms with Crippen LogP contribution in [0.25, 0.3) is 10.8 Å². The second-order valence-electron chi connectivity index (χ2n) is 5.73. The Morgan fingerprint density at radius 2 is 1.65 bits per heavy atom. The number of carbonyl (C=O) groups is 2. The minimum absolute atomic E-state index is 0.0613. The number of ketones is 1. The minimum atomic E-state index is -0.426. The molecule has 0 aliphatic carbocycles. The summed E-state index contributed by atoms with van der Waals surface area (Å²) in [6.07, 6.45) is -0.0613. The summed E-state index contributed by atoms with van der Waals surface area (Å²) in [7, 11) is 0. The van der Waals surface area contributed by atoms with Crippen molar-refractivity contribution in [3.05, 3.63) is 76.2 Å². The second kappa shape index (κ2) is 7.74. The number of ether oxygens (including phenoxy) is 1. The van der Waals surface area contributed by atoms with Crippen LogP contribution in [0.4, 0.5) is 0 Å². The van der Waals surface area contributed by atoms with E-state index in [-0.39, 0.29) is 30.9 Å². The van der Waals surface area contributed by atoms with Crippen molar-refractivity contribution in [3.63, 3.8) is 0 Å². The molecule has 1 aromatic heterocycles. The van der Waals surface area contributed by atoms with Crippen LogP contribution in [0.15, 0.2) is 59.4 Å². The highest BCUT2D eigenvalue weighted by molar-refractivity contribution is 5.96. The van der Waals surface area contributed by atoms with Crippen molar-refractivity contribution in [2.45, 2.75) is 19.9 Å².